The van der Waals surface area contributed by atoms with Gasteiger partial charge in [-0.15, -0.1) is 0 Å². The highest BCUT2D eigenvalue weighted by Crippen LogP contribution is 2.53. The maximum atomic E-state index is 14.1. The van der Waals surface area contributed by atoms with Gasteiger partial charge in [0.05, 0.1) is 33.4 Å². The Morgan fingerprint density at radius 3 is 2.07 bits per heavy atom. The van der Waals surface area contributed by atoms with Gasteiger partial charge in [0.25, 0.3) is 0 Å². The third-order valence-corrected chi connectivity index (χ3v) is 8.31. The summed E-state index contributed by atoms with van der Waals surface area (Å²) in [6, 6.07) is 7.10. The number of benzene rings is 2. The van der Waals surface area contributed by atoms with Crippen molar-refractivity contribution in [3.63, 3.8) is 0 Å². The number of hydrogen-bond acceptors (Lipinski definition) is 10. The second-order valence-electron chi connectivity index (χ2n) is 12.5. The van der Waals surface area contributed by atoms with Gasteiger partial charge in [-0.2, -0.15) is 5.10 Å². The quantitative estimate of drug-likeness (QED) is 0.362. The Morgan fingerprint density at radius 1 is 0.976 bits per heavy atom. The molecule has 42 heavy (non-hydrogen) atoms. The van der Waals surface area contributed by atoms with Crippen molar-refractivity contribution < 1.29 is 38.7 Å². The van der Waals surface area contributed by atoms with E-state index in [0.717, 1.165) is 5.71 Å². The second kappa shape index (κ2) is 11.3. The SMILES string of the molecule is COc1cc([C@@H]2c3cc4c(cc3C(O)C(CO)C2C(=O)NN=C2CC(C)(C)NC(C)(C)C2)OCO4)cc(OC)c1OC. The predicted molar refractivity (Wildman–Crippen MR) is 156 cm³/mol. The minimum absolute atomic E-state index is 0.0511. The van der Waals surface area contributed by atoms with Gasteiger partial charge in [-0.05, 0) is 68.7 Å². The van der Waals surface area contributed by atoms with E-state index in [2.05, 4.69) is 43.5 Å². The number of rotatable bonds is 7. The number of aliphatic hydroxyl groups is 2. The number of methoxy groups -OCH3 is 3. The smallest absolute Gasteiger partial charge is 0.244 e. The average molecular weight is 584 g/mol. The van der Waals surface area contributed by atoms with Crippen LogP contribution >= 0.6 is 0 Å². The van der Waals surface area contributed by atoms with E-state index >= 15 is 0 Å². The number of fused-ring (bicyclic) bond motifs is 2. The van der Waals surface area contributed by atoms with Gasteiger partial charge in [-0.1, -0.05) is 0 Å². The summed E-state index contributed by atoms with van der Waals surface area (Å²) >= 11 is 0. The molecule has 2 heterocycles. The lowest BCUT2D eigenvalue weighted by molar-refractivity contribution is -0.131. The van der Waals surface area contributed by atoms with Gasteiger partial charge in [0, 0.05) is 48.1 Å². The zero-order chi connectivity index (χ0) is 30.4. The lowest BCUT2D eigenvalue weighted by Gasteiger charge is -2.43. The number of carbonyl (C=O) groups excluding carboxylic acids is 1. The van der Waals surface area contributed by atoms with E-state index in [1.165, 1.54) is 21.3 Å². The van der Waals surface area contributed by atoms with Crippen molar-refractivity contribution in [2.75, 3.05) is 34.7 Å². The van der Waals surface area contributed by atoms with Crippen LogP contribution in [0.25, 0.3) is 0 Å². The highest BCUT2D eigenvalue weighted by Gasteiger charge is 2.48. The minimum Gasteiger partial charge on any atom is -0.493 e. The molecule has 1 amide bonds. The monoisotopic (exact) mass is 583 g/mol. The number of aliphatic hydroxyl groups excluding tert-OH is 2. The standard InChI is InChI=1S/C31H41N3O8/c1-30(2)12-17(13-31(3,4)34-30)32-33-29(37)26-20(14-35)27(36)19-11-22-21(41-15-42-22)10-18(19)25(26)16-8-23(38-5)28(40-7)24(9-16)39-6/h8-11,20,25-27,34-36H,12-15H2,1-7H3,(H,33,37)/t20?,25-,26?,27?/m1/s1. The molecule has 11 nitrogen and oxygen atoms in total. The fourth-order valence-electron chi connectivity index (χ4n) is 6.97. The Bertz CT molecular complexity index is 1350. The number of amides is 1. The van der Waals surface area contributed by atoms with Crippen molar-refractivity contribution in [3.05, 3.63) is 41.0 Å². The Morgan fingerprint density at radius 2 is 1.55 bits per heavy atom. The molecule has 4 atom stereocenters. The highest BCUT2D eigenvalue weighted by atomic mass is 16.7. The molecule has 2 aliphatic heterocycles. The molecular formula is C31H41N3O8. The summed E-state index contributed by atoms with van der Waals surface area (Å²) in [4.78, 5) is 14.1. The van der Waals surface area contributed by atoms with Gasteiger partial charge in [0.2, 0.25) is 18.4 Å². The average Bonchev–Trinajstić information content (AvgIpc) is 3.40. The molecule has 0 saturated carbocycles. The summed E-state index contributed by atoms with van der Waals surface area (Å²) in [5, 5.41) is 30.3. The first kappa shape index (κ1) is 29.9. The van der Waals surface area contributed by atoms with E-state index in [-0.39, 0.29) is 17.9 Å². The number of piperidine rings is 1. The van der Waals surface area contributed by atoms with E-state index in [0.29, 0.717) is 58.3 Å². The number of ether oxygens (including phenoxy) is 5. The number of carbonyl (C=O) groups is 1. The van der Waals surface area contributed by atoms with E-state index in [1.54, 1.807) is 24.3 Å². The Labute approximate surface area is 246 Å². The van der Waals surface area contributed by atoms with Crippen molar-refractivity contribution >= 4 is 11.6 Å². The second-order valence-corrected chi connectivity index (χ2v) is 12.5. The number of nitrogens with one attached hydrogen (secondary N) is 2. The van der Waals surface area contributed by atoms with Crippen molar-refractivity contribution in [3.8, 4) is 28.7 Å². The van der Waals surface area contributed by atoms with E-state index in [1.807, 2.05) is 0 Å². The van der Waals surface area contributed by atoms with E-state index in [4.69, 9.17) is 23.7 Å². The van der Waals surface area contributed by atoms with Crippen LogP contribution in [0.3, 0.4) is 0 Å². The summed E-state index contributed by atoms with van der Waals surface area (Å²) in [6.07, 6.45) is 0.185. The molecule has 1 fully saturated rings. The van der Waals surface area contributed by atoms with Crippen LogP contribution in [-0.4, -0.2) is 67.6 Å². The van der Waals surface area contributed by atoms with Gasteiger partial charge in [-0.25, -0.2) is 5.43 Å². The molecule has 3 aliphatic rings. The van der Waals surface area contributed by atoms with Crippen LogP contribution in [-0.2, 0) is 4.79 Å². The molecule has 1 aliphatic carbocycles. The van der Waals surface area contributed by atoms with Crippen molar-refractivity contribution in [1.29, 1.82) is 0 Å². The molecule has 3 unspecified atom stereocenters. The van der Waals surface area contributed by atoms with Crippen molar-refractivity contribution in [2.45, 2.75) is 63.6 Å². The Kier molecular flexibility index (Phi) is 8.04. The lowest BCUT2D eigenvalue weighted by atomic mass is 9.65. The molecule has 228 valence electrons. The van der Waals surface area contributed by atoms with Crippen molar-refractivity contribution in [1.82, 2.24) is 10.7 Å². The summed E-state index contributed by atoms with van der Waals surface area (Å²) in [5.41, 5.74) is 5.17. The fraction of sp³-hybridized carbons (Fsp3) is 0.548. The van der Waals surface area contributed by atoms with Gasteiger partial charge < -0.3 is 39.2 Å². The lowest BCUT2D eigenvalue weighted by Crippen LogP contribution is -2.58. The molecule has 5 rings (SSSR count). The fourth-order valence-corrected chi connectivity index (χ4v) is 6.97. The van der Waals surface area contributed by atoms with Gasteiger partial charge >= 0.3 is 0 Å². The van der Waals surface area contributed by atoms with E-state index < -0.39 is 36.4 Å². The molecular weight excluding hydrogens is 542 g/mol. The summed E-state index contributed by atoms with van der Waals surface area (Å²) < 4.78 is 28.1. The van der Waals surface area contributed by atoms with Gasteiger partial charge in [0.1, 0.15) is 0 Å². The molecule has 2 aromatic rings. The molecule has 1 saturated heterocycles. The molecule has 0 aromatic heterocycles. The topological polar surface area (TPSA) is 140 Å². The summed E-state index contributed by atoms with van der Waals surface area (Å²) in [5.74, 6) is -0.554. The highest BCUT2D eigenvalue weighted by molar-refractivity contribution is 5.90. The van der Waals surface area contributed by atoms with Gasteiger partial charge in [-0.3, -0.25) is 4.79 Å². The van der Waals surface area contributed by atoms with E-state index in [9.17, 15) is 15.0 Å². The maximum absolute atomic E-state index is 14.1. The first-order chi connectivity index (χ1) is 19.9. The third-order valence-electron chi connectivity index (χ3n) is 8.31. The van der Waals surface area contributed by atoms with Crippen LogP contribution in [0.15, 0.2) is 29.4 Å². The molecule has 4 N–H and O–H groups in total. The molecule has 0 radical (unpaired) electrons. The minimum atomic E-state index is -1.14. The molecule has 0 bridgehead atoms. The van der Waals surface area contributed by atoms with Crippen LogP contribution in [0.4, 0.5) is 0 Å². The first-order valence-corrected chi connectivity index (χ1v) is 14.1. The van der Waals surface area contributed by atoms with Crippen LogP contribution < -0.4 is 34.4 Å². The van der Waals surface area contributed by atoms with Crippen molar-refractivity contribution in [2.24, 2.45) is 16.9 Å². The molecule has 2 aromatic carbocycles. The maximum Gasteiger partial charge on any atom is 0.244 e. The third kappa shape index (κ3) is 5.48. The molecule has 0 spiro atoms. The largest absolute Gasteiger partial charge is 0.493 e. The zero-order valence-corrected chi connectivity index (χ0v) is 25.2. The zero-order valence-electron chi connectivity index (χ0n) is 25.2. The van der Waals surface area contributed by atoms with Crippen LogP contribution in [0, 0.1) is 11.8 Å². The Hall–Kier alpha value is -3.54. The first-order valence-electron chi connectivity index (χ1n) is 14.1. The van der Waals surface area contributed by atoms with Crippen LogP contribution in [0.5, 0.6) is 28.7 Å². The number of hydrazone groups is 1. The Balaban J connectivity index is 1.63. The van der Waals surface area contributed by atoms with Gasteiger partial charge in [0.15, 0.2) is 23.0 Å². The number of nitrogens with zero attached hydrogens (tertiary/aromatic N) is 1. The van der Waals surface area contributed by atoms with Crippen LogP contribution in [0.1, 0.15) is 69.2 Å². The normalized spacial score (nSPS) is 25.3. The predicted octanol–water partition coefficient (Wildman–Crippen LogP) is 3.26. The summed E-state index contributed by atoms with van der Waals surface area (Å²) in [7, 11) is 4.57. The summed E-state index contributed by atoms with van der Waals surface area (Å²) in [6.45, 7) is 8.03. The van der Waals surface area contributed by atoms with Crippen LogP contribution in [0.2, 0.25) is 0 Å². The molecule has 11 heteroatoms. The number of hydrogen-bond donors (Lipinski definition) is 4.